The topological polar surface area (TPSA) is 55.8 Å². The second-order valence-electron chi connectivity index (χ2n) is 2.84. The van der Waals surface area contributed by atoms with Crippen molar-refractivity contribution in [3.63, 3.8) is 0 Å². The van der Waals surface area contributed by atoms with Gasteiger partial charge in [-0.25, -0.2) is 0 Å². The van der Waals surface area contributed by atoms with Crippen LogP contribution in [-0.2, 0) is 13.6 Å². The zero-order valence-corrected chi connectivity index (χ0v) is 9.92. The van der Waals surface area contributed by atoms with Gasteiger partial charge < -0.3 is 14.2 Å². The van der Waals surface area contributed by atoms with Crippen LogP contribution >= 0.6 is 7.60 Å². The smallest absolute Gasteiger partial charge is 0.334 e. The van der Waals surface area contributed by atoms with Crippen molar-refractivity contribution in [3.8, 4) is 0 Å². The van der Waals surface area contributed by atoms with Crippen LogP contribution in [0.5, 0.6) is 0 Å². The molecule has 84 valence electrons. The molecule has 0 bridgehead atoms. The van der Waals surface area contributed by atoms with E-state index in [0.717, 1.165) is 5.57 Å². The molecule has 0 saturated carbocycles. The molecule has 0 saturated heterocycles. The van der Waals surface area contributed by atoms with Crippen molar-refractivity contribution in [2.24, 2.45) is 0 Å². The number of hydrogen-bond acceptors (Lipinski definition) is 4. The maximum absolute atomic E-state index is 11.9. The van der Waals surface area contributed by atoms with Gasteiger partial charge in [-0.05, 0) is 20.8 Å². The van der Waals surface area contributed by atoms with Gasteiger partial charge in [0.15, 0.2) is 0 Å². The Bertz CT molecular complexity index is 215. The van der Waals surface area contributed by atoms with E-state index in [9.17, 15) is 4.57 Å². The minimum absolute atomic E-state index is 0.0515. The molecule has 0 aromatic heterocycles. The average Bonchev–Trinajstić information content (AvgIpc) is 2.04. The lowest BCUT2D eigenvalue weighted by atomic mass is 10.3. The first-order valence-electron chi connectivity index (χ1n) is 4.72. The van der Waals surface area contributed by atoms with Crippen molar-refractivity contribution in [2.45, 2.75) is 20.8 Å². The molecule has 0 aliphatic rings. The average molecular weight is 222 g/mol. The predicted molar refractivity (Wildman–Crippen MR) is 56.6 cm³/mol. The Balaban J connectivity index is 4.35. The fraction of sp³-hybridized carbons (Fsp3) is 0.778. The number of aliphatic hydroxyl groups excluding tert-OH is 1. The van der Waals surface area contributed by atoms with E-state index in [1.165, 1.54) is 0 Å². The molecule has 0 aromatic rings. The second kappa shape index (κ2) is 7.18. The van der Waals surface area contributed by atoms with E-state index in [1.807, 2.05) is 0 Å². The van der Waals surface area contributed by atoms with Gasteiger partial charge in [-0.3, -0.25) is 4.57 Å². The van der Waals surface area contributed by atoms with Crippen molar-refractivity contribution < 1.29 is 18.7 Å². The molecule has 4 nitrogen and oxygen atoms in total. The molecular formula is C9H19O4P. The summed E-state index contributed by atoms with van der Waals surface area (Å²) in [7, 11) is -2.98. The summed E-state index contributed by atoms with van der Waals surface area (Å²) in [6.45, 7) is 6.02. The van der Waals surface area contributed by atoms with Gasteiger partial charge in [-0.15, -0.1) is 0 Å². The molecule has 0 atom stereocenters. The summed E-state index contributed by atoms with van der Waals surface area (Å²) in [5.41, 5.74) is 0.817. The van der Waals surface area contributed by atoms with Crippen LogP contribution < -0.4 is 0 Å². The number of allylic oxidation sites excluding steroid dienone is 1. The third-order valence-electron chi connectivity index (χ3n) is 1.53. The molecule has 1 N–H and O–H groups in total. The standard InChI is InChI=1S/C9H19O4P/c1-4-12-14(11,13-5-2)8-9(3)6-7-10/h6,10H,4-5,7-8H2,1-3H3/b9-6+. The van der Waals surface area contributed by atoms with Crippen molar-refractivity contribution in [1.82, 2.24) is 0 Å². The van der Waals surface area contributed by atoms with Gasteiger partial charge in [0, 0.05) is 0 Å². The summed E-state index contributed by atoms with van der Waals surface area (Å²) in [5, 5.41) is 8.65. The fourth-order valence-corrected chi connectivity index (χ4v) is 2.83. The molecular weight excluding hydrogens is 203 g/mol. The first kappa shape index (κ1) is 13.8. The highest BCUT2D eigenvalue weighted by Crippen LogP contribution is 2.49. The predicted octanol–water partition coefficient (Wildman–Crippen LogP) is 2.19. The third-order valence-corrected chi connectivity index (χ3v) is 3.72. The highest BCUT2D eigenvalue weighted by Gasteiger charge is 2.23. The van der Waals surface area contributed by atoms with E-state index >= 15 is 0 Å². The molecule has 14 heavy (non-hydrogen) atoms. The van der Waals surface area contributed by atoms with E-state index in [1.54, 1.807) is 26.8 Å². The molecule has 0 aromatic carbocycles. The summed E-state index contributed by atoms with van der Waals surface area (Å²) >= 11 is 0. The van der Waals surface area contributed by atoms with Gasteiger partial charge in [0.1, 0.15) is 0 Å². The maximum atomic E-state index is 11.9. The normalized spacial score (nSPS) is 13.3. The van der Waals surface area contributed by atoms with Crippen LogP contribution in [0.4, 0.5) is 0 Å². The summed E-state index contributed by atoms with van der Waals surface area (Å²) in [6, 6.07) is 0. The molecule has 0 fully saturated rings. The zero-order chi connectivity index (χ0) is 11.0. The molecule has 0 aliphatic heterocycles. The first-order chi connectivity index (χ1) is 6.58. The number of hydrogen-bond donors (Lipinski definition) is 1. The minimum Gasteiger partial charge on any atom is -0.392 e. The Morgan fingerprint density at radius 1 is 1.36 bits per heavy atom. The minimum atomic E-state index is -2.98. The Kier molecular flexibility index (Phi) is 7.11. The van der Waals surface area contributed by atoms with Crippen molar-refractivity contribution >= 4 is 7.60 Å². The lowest BCUT2D eigenvalue weighted by molar-refractivity contribution is 0.222. The van der Waals surface area contributed by atoms with Gasteiger partial charge >= 0.3 is 7.60 Å². The van der Waals surface area contributed by atoms with Crippen LogP contribution in [0.15, 0.2) is 11.6 Å². The molecule has 0 heterocycles. The van der Waals surface area contributed by atoms with Crippen molar-refractivity contribution in [2.75, 3.05) is 26.0 Å². The van der Waals surface area contributed by atoms with Crippen LogP contribution in [-0.4, -0.2) is 31.1 Å². The summed E-state index contributed by atoms with van der Waals surface area (Å²) in [4.78, 5) is 0. The van der Waals surface area contributed by atoms with Crippen molar-refractivity contribution in [3.05, 3.63) is 11.6 Å². The Labute approximate surface area is 85.5 Å². The highest BCUT2D eigenvalue weighted by atomic mass is 31.2. The van der Waals surface area contributed by atoms with Gasteiger partial charge in [0.25, 0.3) is 0 Å². The van der Waals surface area contributed by atoms with E-state index in [-0.39, 0.29) is 12.8 Å². The van der Waals surface area contributed by atoms with Gasteiger partial charge in [0.05, 0.1) is 26.0 Å². The van der Waals surface area contributed by atoms with E-state index in [0.29, 0.717) is 13.2 Å². The molecule has 0 radical (unpaired) electrons. The summed E-state index contributed by atoms with van der Waals surface area (Å²) < 4.78 is 22.1. The zero-order valence-electron chi connectivity index (χ0n) is 9.02. The van der Waals surface area contributed by atoms with Gasteiger partial charge in [-0.1, -0.05) is 11.6 Å². The lowest BCUT2D eigenvalue weighted by Gasteiger charge is -2.16. The van der Waals surface area contributed by atoms with Crippen LogP contribution in [0, 0.1) is 0 Å². The van der Waals surface area contributed by atoms with E-state index < -0.39 is 7.60 Å². The highest BCUT2D eigenvalue weighted by molar-refractivity contribution is 7.54. The van der Waals surface area contributed by atoms with Gasteiger partial charge in [-0.2, -0.15) is 0 Å². The number of rotatable bonds is 7. The second-order valence-corrected chi connectivity index (χ2v) is 4.89. The molecule has 0 spiro atoms. The molecule has 0 amide bonds. The van der Waals surface area contributed by atoms with Crippen LogP contribution in [0.1, 0.15) is 20.8 Å². The largest absolute Gasteiger partial charge is 0.392 e. The van der Waals surface area contributed by atoms with Crippen LogP contribution in [0.2, 0.25) is 0 Å². The Morgan fingerprint density at radius 3 is 2.21 bits per heavy atom. The van der Waals surface area contributed by atoms with E-state index in [4.69, 9.17) is 14.2 Å². The number of aliphatic hydroxyl groups is 1. The maximum Gasteiger partial charge on any atom is 0.334 e. The van der Waals surface area contributed by atoms with Crippen LogP contribution in [0.3, 0.4) is 0 Å². The molecule has 5 heteroatoms. The van der Waals surface area contributed by atoms with Crippen LogP contribution in [0.25, 0.3) is 0 Å². The summed E-state index contributed by atoms with van der Waals surface area (Å²) in [5.74, 6) is 0. The summed E-state index contributed by atoms with van der Waals surface area (Å²) in [6.07, 6.45) is 1.85. The third kappa shape index (κ3) is 5.55. The first-order valence-corrected chi connectivity index (χ1v) is 6.45. The quantitative estimate of drug-likeness (QED) is 0.530. The Hall–Kier alpha value is -0.150. The van der Waals surface area contributed by atoms with E-state index in [2.05, 4.69) is 0 Å². The molecule has 0 aliphatic carbocycles. The van der Waals surface area contributed by atoms with Crippen molar-refractivity contribution in [1.29, 1.82) is 0 Å². The molecule has 0 unspecified atom stereocenters. The fourth-order valence-electron chi connectivity index (χ4n) is 1.05. The monoisotopic (exact) mass is 222 g/mol. The van der Waals surface area contributed by atoms with Gasteiger partial charge in [0.2, 0.25) is 0 Å². The lowest BCUT2D eigenvalue weighted by Crippen LogP contribution is -2.01. The molecule has 0 rings (SSSR count). The SMILES string of the molecule is CCOP(=O)(C/C(C)=C/CO)OCC. The Morgan fingerprint density at radius 2 is 1.86 bits per heavy atom.